The number of hydrogen-bond acceptors (Lipinski definition) is 6. The molecule has 0 saturated carbocycles. The first-order chi connectivity index (χ1) is 12.1. The molecule has 2 aromatic rings. The maximum atomic E-state index is 13.0. The number of carbonyl (C=O) groups is 2. The molecule has 0 heterocycles. The predicted octanol–water partition coefficient (Wildman–Crippen LogP) is 3.05. The fraction of sp³-hybridized carbons (Fsp3) is 0.222. The number of benzene rings is 2. The molecule has 2 atom stereocenters. The Balaban J connectivity index is 0.00000151. The minimum Gasteiger partial charge on any atom is -0.496 e. The molecule has 0 aromatic heterocycles. The van der Waals surface area contributed by atoms with Gasteiger partial charge >= 0.3 is 15.1 Å². The summed E-state index contributed by atoms with van der Waals surface area (Å²) in [5.41, 5.74) is 0.772. The van der Waals surface area contributed by atoms with Crippen molar-refractivity contribution in [2.75, 3.05) is 21.3 Å². The highest BCUT2D eigenvalue weighted by Gasteiger charge is 2.33. The first-order valence-electron chi connectivity index (χ1n) is 7.25. The molecule has 0 amide bonds. The average Bonchev–Trinajstić information content (AvgIpc) is 2.69. The highest BCUT2D eigenvalue weighted by molar-refractivity contribution is 7.00. The molecule has 0 saturated heterocycles. The van der Waals surface area contributed by atoms with Crippen LogP contribution in [0.25, 0.3) is 0 Å². The lowest BCUT2D eigenvalue weighted by atomic mass is 9.89. The van der Waals surface area contributed by atoms with Crippen molar-refractivity contribution in [3.63, 3.8) is 0 Å². The van der Waals surface area contributed by atoms with Crippen LogP contribution in [0.1, 0.15) is 21.8 Å². The molecule has 0 fully saturated rings. The van der Waals surface area contributed by atoms with Crippen LogP contribution in [0.5, 0.6) is 11.5 Å². The molecule has 25 heavy (non-hydrogen) atoms. The van der Waals surface area contributed by atoms with Crippen LogP contribution in [-0.2, 0) is 14.1 Å². The third-order valence-corrected chi connectivity index (χ3v) is 3.51. The minimum absolute atomic E-state index is 0.219. The van der Waals surface area contributed by atoms with Crippen molar-refractivity contribution in [2.45, 2.75) is 5.92 Å². The maximum Gasteiger partial charge on any atom is 0.321 e. The lowest BCUT2D eigenvalue weighted by molar-refractivity contribution is -0.141. The third kappa shape index (κ3) is 4.64. The van der Waals surface area contributed by atoms with E-state index in [0.717, 1.165) is 0 Å². The van der Waals surface area contributed by atoms with E-state index in [9.17, 15) is 9.59 Å². The summed E-state index contributed by atoms with van der Waals surface area (Å²) in [7, 11) is 5.34. The van der Waals surface area contributed by atoms with Crippen molar-refractivity contribution in [3.8, 4) is 11.5 Å². The van der Waals surface area contributed by atoms with E-state index in [0.29, 0.717) is 17.1 Å². The zero-order valence-electron chi connectivity index (χ0n) is 14.2. The van der Waals surface area contributed by atoms with E-state index in [1.54, 1.807) is 42.5 Å². The normalized spacial score (nSPS) is 10.7. The van der Waals surface area contributed by atoms with Crippen LogP contribution >= 0.6 is 9.12 Å². The number of hydrogen-bond donors (Lipinski definition) is 0. The Hall–Kier alpha value is -2.72. The van der Waals surface area contributed by atoms with Gasteiger partial charge in [0.1, 0.15) is 23.0 Å². The quantitative estimate of drug-likeness (QED) is 0.340. The topological polar surface area (TPSA) is 78.9 Å². The molecular formula is C18H20O6P+. The monoisotopic (exact) mass is 363 g/mol. The number of ketones is 1. The summed E-state index contributed by atoms with van der Waals surface area (Å²) >= 11 is 0. The second-order valence-electron chi connectivity index (χ2n) is 4.77. The van der Waals surface area contributed by atoms with Crippen LogP contribution in [0.4, 0.5) is 0 Å². The lowest BCUT2D eigenvalue weighted by Gasteiger charge is -2.17. The molecule has 0 bridgehead atoms. The van der Waals surface area contributed by atoms with E-state index in [1.165, 1.54) is 30.4 Å². The van der Waals surface area contributed by atoms with Crippen molar-refractivity contribution >= 4 is 20.9 Å². The highest BCUT2D eigenvalue weighted by atomic mass is 31.0. The van der Waals surface area contributed by atoms with Crippen LogP contribution < -0.4 is 9.47 Å². The fourth-order valence-corrected chi connectivity index (χ4v) is 2.40. The van der Waals surface area contributed by atoms with E-state index in [1.807, 2.05) is 6.07 Å². The van der Waals surface area contributed by atoms with Gasteiger partial charge in [0.05, 0.1) is 21.3 Å². The summed E-state index contributed by atoms with van der Waals surface area (Å²) < 4.78 is 23.5. The molecule has 132 valence electrons. The SMILES string of the molecule is COC(=O)C(C(=O)c1c(OC)cccc1OC)c1ccccc1.O=[PH2+]. The highest BCUT2D eigenvalue weighted by Crippen LogP contribution is 2.34. The largest absolute Gasteiger partial charge is 0.496 e. The first kappa shape index (κ1) is 20.3. The van der Waals surface area contributed by atoms with Gasteiger partial charge in [0, 0.05) is 0 Å². The van der Waals surface area contributed by atoms with Crippen molar-refractivity contribution in [3.05, 3.63) is 59.7 Å². The van der Waals surface area contributed by atoms with Gasteiger partial charge in [0.15, 0.2) is 5.78 Å². The van der Waals surface area contributed by atoms with Crippen molar-refractivity contribution in [2.24, 2.45) is 0 Å². The van der Waals surface area contributed by atoms with Crippen LogP contribution in [0.2, 0.25) is 0 Å². The van der Waals surface area contributed by atoms with Gasteiger partial charge in [-0.15, -0.1) is 0 Å². The number of methoxy groups -OCH3 is 3. The Morgan fingerprint density at radius 2 is 1.36 bits per heavy atom. The summed E-state index contributed by atoms with van der Waals surface area (Å²) in [5, 5.41) is 0. The van der Waals surface area contributed by atoms with Crippen LogP contribution in [0, 0.1) is 0 Å². The number of Topliss-reactive ketones (excluding diaryl/α,β-unsaturated/α-hetero) is 1. The molecule has 2 rings (SSSR count). The summed E-state index contributed by atoms with van der Waals surface area (Å²) in [4.78, 5) is 25.2. The van der Waals surface area contributed by atoms with E-state index in [2.05, 4.69) is 0 Å². The van der Waals surface area contributed by atoms with Gasteiger partial charge < -0.3 is 14.2 Å². The Labute approximate surface area is 148 Å². The standard InChI is InChI=1S/C18H18O5.H2OP/c1-21-13-10-7-11-14(22-2)16(13)17(19)15(18(20)23-3)12-8-5-4-6-9-12;1-2/h4-11,15H,1-3H3;2H2/q;+1. The first-order valence-corrected chi connectivity index (χ1v) is 7.72. The molecule has 6 nitrogen and oxygen atoms in total. The zero-order valence-corrected chi connectivity index (χ0v) is 15.4. The van der Waals surface area contributed by atoms with Crippen molar-refractivity contribution in [1.82, 2.24) is 0 Å². The van der Waals surface area contributed by atoms with Crippen molar-refractivity contribution < 1.29 is 28.4 Å². The van der Waals surface area contributed by atoms with E-state index in [-0.39, 0.29) is 5.56 Å². The summed E-state index contributed by atoms with van der Waals surface area (Å²) in [5.74, 6) is -1.45. The molecule has 2 unspecified atom stereocenters. The second-order valence-corrected chi connectivity index (χ2v) is 4.77. The minimum atomic E-state index is -1.08. The van der Waals surface area contributed by atoms with Crippen LogP contribution in [0.15, 0.2) is 48.5 Å². The van der Waals surface area contributed by atoms with Gasteiger partial charge in [-0.1, -0.05) is 41.0 Å². The smallest absolute Gasteiger partial charge is 0.321 e. The van der Waals surface area contributed by atoms with Gasteiger partial charge in [0.2, 0.25) is 0 Å². The summed E-state index contributed by atoms with van der Waals surface area (Å²) in [6.07, 6.45) is 0. The number of carbonyl (C=O) groups excluding carboxylic acids is 2. The molecule has 7 heteroatoms. The van der Waals surface area contributed by atoms with E-state index >= 15 is 0 Å². The number of rotatable bonds is 6. The second kappa shape index (κ2) is 10.2. The Bertz CT molecular complexity index is 695. The molecule has 0 aliphatic heterocycles. The Morgan fingerprint density at radius 3 is 1.80 bits per heavy atom. The van der Waals surface area contributed by atoms with Gasteiger partial charge in [-0.3, -0.25) is 9.59 Å². The molecular weight excluding hydrogens is 343 g/mol. The summed E-state index contributed by atoms with van der Waals surface area (Å²) in [6, 6.07) is 13.8. The third-order valence-electron chi connectivity index (χ3n) is 3.51. The van der Waals surface area contributed by atoms with Gasteiger partial charge in [-0.25, -0.2) is 0 Å². The van der Waals surface area contributed by atoms with Gasteiger partial charge in [-0.2, -0.15) is 0 Å². The molecule has 0 spiro atoms. The molecule has 0 N–H and O–H groups in total. The van der Waals surface area contributed by atoms with Crippen LogP contribution in [-0.4, -0.2) is 33.1 Å². The maximum absolute atomic E-state index is 13.0. The van der Waals surface area contributed by atoms with Gasteiger partial charge in [-0.05, 0) is 17.7 Å². The molecule has 2 aromatic carbocycles. The fourth-order valence-electron chi connectivity index (χ4n) is 2.40. The van der Waals surface area contributed by atoms with E-state index in [4.69, 9.17) is 18.8 Å². The van der Waals surface area contributed by atoms with E-state index < -0.39 is 17.7 Å². The molecule has 0 aliphatic rings. The lowest BCUT2D eigenvalue weighted by Crippen LogP contribution is -2.24. The Morgan fingerprint density at radius 1 is 0.840 bits per heavy atom. The summed E-state index contributed by atoms with van der Waals surface area (Å²) in [6.45, 7) is 0. The van der Waals surface area contributed by atoms with Crippen LogP contribution in [0.3, 0.4) is 0 Å². The number of esters is 1. The molecule has 0 aliphatic carbocycles. The Kier molecular flexibility index (Phi) is 8.30. The van der Waals surface area contributed by atoms with Gasteiger partial charge in [0.25, 0.3) is 0 Å². The zero-order chi connectivity index (χ0) is 18.8. The molecule has 0 radical (unpaired) electrons. The number of ether oxygens (including phenoxy) is 3. The van der Waals surface area contributed by atoms with Crippen molar-refractivity contribution in [1.29, 1.82) is 0 Å². The predicted molar refractivity (Wildman–Crippen MR) is 95.5 cm³/mol. The average molecular weight is 363 g/mol.